The summed E-state index contributed by atoms with van der Waals surface area (Å²) in [6.45, 7) is 1.85. The Morgan fingerprint density at radius 2 is 2.50 bits per heavy atom. The lowest BCUT2D eigenvalue weighted by atomic mass is 10.4. The van der Waals surface area contributed by atoms with Crippen LogP contribution >= 0.6 is 11.5 Å². The molecule has 8 heavy (non-hydrogen) atoms. The lowest BCUT2D eigenvalue weighted by Gasteiger charge is -1.91. The fraction of sp³-hybridized carbons (Fsp3) is 0.667. The fourth-order valence-corrected chi connectivity index (χ4v) is 0.711. The van der Waals surface area contributed by atoms with E-state index in [1.165, 1.54) is 11.5 Å². The van der Waals surface area contributed by atoms with Gasteiger partial charge in [0.25, 0.3) is 0 Å². The zero-order valence-electron chi connectivity index (χ0n) is 4.40. The second-order valence-corrected chi connectivity index (χ2v) is 2.25. The molecule has 0 spiro atoms. The molecule has 44 valence electrons. The maximum atomic E-state index is 5.43. The summed E-state index contributed by atoms with van der Waals surface area (Å²) in [7, 11) is 0. The Bertz CT molecular complexity index is 146. The van der Waals surface area contributed by atoms with E-state index in [4.69, 9.17) is 5.73 Å². The van der Waals surface area contributed by atoms with Gasteiger partial charge in [-0.05, 0) is 12.1 Å². The first kappa shape index (κ1) is 5.58. The van der Waals surface area contributed by atoms with Gasteiger partial charge in [-0.1, -0.05) is 4.49 Å². The molecule has 0 aliphatic rings. The molecule has 0 fully saturated rings. The van der Waals surface area contributed by atoms with Crippen LogP contribution in [-0.2, 0) is 0 Å². The van der Waals surface area contributed by atoms with E-state index in [0.717, 1.165) is 5.01 Å². The second-order valence-electron chi connectivity index (χ2n) is 1.49. The van der Waals surface area contributed by atoms with Crippen molar-refractivity contribution in [3.8, 4) is 0 Å². The van der Waals surface area contributed by atoms with Crippen LogP contribution in [0.15, 0.2) is 0 Å². The molecule has 0 saturated carbocycles. The van der Waals surface area contributed by atoms with Crippen molar-refractivity contribution in [2.24, 2.45) is 5.73 Å². The standard InChI is InChI=1S/C3H6N4S/c1-2(4)3-5-6-7-8-3/h2H,4H2,1H3. The summed E-state index contributed by atoms with van der Waals surface area (Å²) in [6, 6.07) is -0.0324. The summed E-state index contributed by atoms with van der Waals surface area (Å²) in [4.78, 5) is 0. The van der Waals surface area contributed by atoms with E-state index in [0.29, 0.717) is 0 Å². The average Bonchev–Trinajstić information content (AvgIpc) is 2.12. The fourth-order valence-electron chi connectivity index (χ4n) is 0.315. The van der Waals surface area contributed by atoms with E-state index in [1.807, 2.05) is 6.92 Å². The highest BCUT2D eigenvalue weighted by Crippen LogP contribution is 2.06. The monoisotopic (exact) mass is 130 g/mol. The number of nitrogens with zero attached hydrogens (tertiary/aromatic N) is 3. The Balaban J connectivity index is 2.77. The minimum atomic E-state index is -0.0324. The molecule has 2 N–H and O–H groups in total. The Hall–Kier alpha value is -0.550. The lowest BCUT2D eigenvalue weighted by molar-refractivity contribution is 0.776. The van der Waals surface area contributed by atoms with Crippen molar-refractivity contribution in [3.05, 3.63) is 5.01 Å². The van der Waals surface area contributed by atoms with Crippen LogP contribution in [0.25, 0.3) is 0 Å². The number of hydrogen-bond donors (Lipinski definition) is 1. The molecule has 5 heteroatoms. The largest absolute Gasteiger partial charge is 0.322 e. The van der Waals surface area contributed by atoms with Gasteiger partial charge >= 0.3 is 0 Å². The van der Waals surface area contributed by atoms with Gasteiger partial charge in [0.2, 0.25) is 0 Å². The minimum absolute atomic E-state index is 0.0324. The van der Waals surface area contributed by atoms with Crippen LogP contribution in [0.3, 0.4) is 0 Å². The first-order chi connectivity index (χ1) is 3.80. The number of hydrogen-bond acceptors (Lipinski definition) is 5. The third-order valence-corrected chi connectivity index (χ3v) is 1.50. The number of aromatic nitrogens is 3. The van der Waals surface area contributed by atoms with Gasteiger partial charge in [0.05, 0.1) is 6.04 Å². The highest BCUT2D eigenvalue weighted by Gasteiger charge is 2.01. The van der Waals surface area contributed by atoms with Crippen LogP contribution in [0.2, 0.25) is 0 Å². The van der Waals surface area contributed by atoms with Crippen LogP contribution in [0.5, 0.6) is 0 Å². The van der Waals surface area contributed by atoms with Crippen molar-refractivity contribution >= 4 is 11.5 Å². The van der Waals surface area contributed by atoms with Crippen molar-refractivity contribution in [1.82, 2.24) is 14.8 Å². The van der Waals surface area contributed by atoms with Gasteiger partial charge in [0.1, 0.15) is 0 Å². The highest BCUT2D eigenvalue weighted by molar-refractivity contribution is 7.05. The molecular weight excluding hydrogens is 124 g/mol. The van der Waals surface area contributed by atoms with E-state index in [9.17, 15) is 0 Å². The van der Waals surface area contributed by atoms with Crippen molar-refractivity contribution in [2.45, 2.75) is 13.0 Å². The predicted octanol–water partition coefficient (Wildman–Crippen LogP) is -0.0472. The molecule has 1 heterocycles. The topological polar surface area (TPSA) is 64.7 Å². The van der Waals surface area contributed by atoms with Gasteiger partial charge in [0, 0.05) is 11.5 Å². The van der Waals surface area contributed by atoms with E-state index < -0.39 is 0 Å². The van der Waals surface area contributed by atoms with Gasteiger partial charge < -0.3 is 5.73 Å². The Morgan fingerprint density at radius 3 is 2.75 bits per heavy atom. The molecule has 0 aromatic carbocycles. The maximum absolute atomic E-state index is 5.43. The molecule has 0 aliphatic heterocycles. The molecule has 4 nitrogen and oxygen atoms in total. The van der Waals surface area contributed by atoms with E-state index in [1.54, 1.807) is 0 Å². The minimum Gasteiger partial charge on any atom is -0.322 e. The van der Waals surface area contributed by atoms with E-state index >= 15 is 0 Å². The molecule has 0 saturated heterocycles. The molecular formula is C3H6N4S. The summed E-state index contributed by atoms with van der Waals surface area (Å²) in [5.74, 6) is 0. The molecule has 1 aromatic heterocycles. The summed E-state index contributed by atoms with van der Waals surface area (Å²) in [5.41, 5.74) is 5.43. The van der Waals surface area contributed by atoms with Gasteiger partial charge in [-0.15, -0.1) is 5.10 Å². The van der Waals surface area contributed by atoms with Crippen LogP contribution in [0.1, 0.15) is 18.0 Å². The summed E-state index contributed by atoms with van der Waals surface area (Å²) in [6.07, 6.45) is 0. The number of rotatable bonds is 1. The zero-order chi connectivity index (χ0) is 5.98. The predicted molar refractivity (Wildman–Crippen MR) is 30.3 cm³/mol. The third-order valence-electron chi connectivity index (χ3n) is 0.704. The van der Waals surface area contributed by atoms with Gasteiger partial charge in [-0.2, -0.15) is 0 Å². The summed E-state index contributed by atoms with van der Waals surface area (Å²) in [5, 5.41) is 7.81. The highest BCUT2D eigenvalue weighted by atomic mass is 32.1. The van der Waals surface area contributed by atoms with E-state index in [2.05, 4.69) is 14.8 Å². The molecule has 0 radical (unpaired) electrons. The first-order valence-corrected chi connectivity index (χ1v) is 2.98. The van der Waals surface area contributed by atoms with Crippen LogP contribution < -0.4 is 5.73 Å². The van der Waals surface area contributed by atoms with Crippen LogP contribution in [0.4, 0.5) is 0 Å². The van der Waals surface area contributed by atoms with E-state index in [-0.39, 0.29) is 6.04 Å². The molecule has 0 bridgehead atoms. The van der Waals surface area contributed by atoms with Gasteiger partial charge in [0.15, 0.2) is 5.01 Å². The molecule has 1 unspecified atom stereocenters. The Morgan fingerprint density at radius 1 is 1.75 bits per heavy atom. The second kappa shape index (κ2) is 2.15. The summed E-state index contributed by atoms with van der Waals surface area (Å²) >= 11 is 1.23. The quantitative estimate of drug-likeness (QED) is 0.579. The maximum Gasteiger partial charge on any atom is 0.154 e. The molecule has 1 rings (SSSR count). The number of nitrogens with two attached hydrogens (primary N) is 1. The molecule has 0 amide bonds. The Kier molecular flexibility index (Phi) is 1.50. The smallest absolute Gasteiger partial charge is 0.154 e. The average molecular weight is 130 g/mol. The summed E-state index contributed by atoms with van der Waals surface area (Å²) < 4.78 is 3.54. The zero-order valence-corrected chi connectivity index (χ0v) is 5.22. The van der Waals surface area contributed by atoms with Crippen molar-refractivity contribution < 1.29 is 0 Å². The third kappa shape index (κ3) is 0.988. The SMILES string of the molecule is CC(N)c1nnns1. The lowest BCUT2D eigenvalue weighted by Crippen LogP contribution is -2.03. The van der Waals surface area contributed by atoms with Crippen molar-refractivity contribution in [3.63, 3.8) is 0 Å². The van der Waals surface area contributed by atoms with Gasteiger partial charge in [-0.3, -0.25) is 0 Å². The van der Waals surface area contributed by atoms with Crippen LogP contribution in [-0.4, -0.2) is 14.8 Å². The van der Waals surface area contributed by atoms with Gasteiger partial charge in [-0.25, -0.2) is 0 Å². The van der Waals surface area contributed by atoms with Crippen molar-refractivity contribution in [2.75, 3.05) is 0 Å². The Labute approximate surface area is 50.9 Å². The van der Waals surface area contributed by atoms with Crippen LogP contribution in [0, 0.1) is 0 Å². The van der Waals surface area contributed by atoms with Crippen molar-refractivity contribution in [1.29, 1.82) is 0 Å². The molecule has 1 atom stereocenters. The normalized spacial score (nSPS) is 13.8. The molecule has 1 aromatic rings. The first-order valence-electron chi connectivity index (χ1n) is 2.21. The molecule has 0 aliphatic carbocycles.